The van der Waals surface area contributed by atoms with E-state index in [1.54, 1.807) is 12.1 Å². The largest absolute Gasteiger partial charge is 0.394 e. The van der Waals surface area contributed by atoms with Crippen LogP contribution in [-0.4, -0.2) is 40.2 Å². The van der Waals surface area contributed by atoms with E-state index in [-0.39, 0.29) is 18.6 Å². The van der Waals surface area contributed by atoms with Crippen molar-refractivity contribution in [3.63, 3.8) is 0 Å². The zero-order valence-corrected chi connectivity index (χ0v) is 13.4. The van der Waals surface area contributed by atoms with Crippen LogP contribution in [0.25, 0.3) is 0 Å². The van der Waals surface area contributed by atoms with E-state index in [1.807, 2.05) is 17.0 Å². The number of thiocarbonyl (C=S) groups is 1. The average molecular weight is 357 g/mol. The Hall–Kier alpha value is -0.980. The number of benzene rings is 1. The van der Waals surface area contributed by atoms with Gasteiger partial charge in [0.2, 0.25) is 0 Å². The molecule has 1 fully saturated rings. The molecule has 2 rings (SSSR count). The molecule has 2 N–H and O–H groups in total. The first kappa shape index (κ1) is 15.4. The van der Waals surface area contributed by atoms with Gasteiger partial charge < -0.3 is 10.0 Å². The number of rotatable bonds is 2. The first-order valence-corrected chi connectivity index (χ1v) is 7.81. The number of nitrogens with one attached hydrogen (secondary N) is 1. The summed E-state index contributed by atoms with van der Waals surface area (Å²) >= 11 is 8.66. The predicted octanol–water partition coefficient (Wildman–Crippen LogP) is 2.31. The number of aliphatic hydroxyl groups is 1. The number of hydrogen-bond acceptors (Lipinski definition) is 3. The highest BCUT2D eigenvalue weighted by Crippen LogP contribution is 2.18. The number of halogens is 1. The summed E-state index contributed by atoms with van der Waals surface area (Å²) in [5.41, 5.74) is 0.549. The van der Waals surface area contributed by atoms with Crippen molar-refractivity contribution in [1.82, 2.24) is 10.2 Å². The Morgan fingerprint density at radius 1 is 1.45 bits per heavy atom. The number of aliphatic hydroxyl groups excluding tert-OH is 1. The maximum atomic E-state index is 12.2. The van der Waals surface area contributed by atoms with E-state index in [1.165, 1.54) is 0 Å². The molecule has 0 aromatic heterocycles. The topological polar surface area (TPSA) is 52.6 Å². The lowest BCUT2D eigenvalue weighted by Crippen LogP contribution is -2.51. The fraction of sp³-hybridized carbons (Fsp3) is 0.429. The molecule has 1 saturated heterocycles. The summed E-state index contributed by atoms with van der Waals surface area (Å²) in [7, 11) is 0. The summed E-state index contributed by atoms with van der Waals surface area (Å²) in [6, 6.07) is 7.22. The lowest BCUT2D eigenvalue weighted by atomic mass is 10.0. The van der Waals surface area contributed by atoms with Gasteiger partial charge in [0.15, 0.2) is 5.11 Å². The quantitative estimate of drug-likeness (QED) is 0.798. The Labute approximate surface area is 132 Å². The van der Waals surface area contributed by atoms with E-state index in [9.17, 15) is 9.90 Å². The summed E-state index contributed by atoms with van der Waals surface area (Å²) in [6.07, 6.45) is 3.02. The van der Waals surface area contributed by atoms with Crippen LogP contribution < -0.4 is 5.32 Å². The summed E-state index contributed by atoms with van der Waals surface area (Å²) in [5, 5.41) is 12.5. The Kier molecular flexibility index (Phi) is 5.51. The molecule has 0 unspecified atom stereocenters. The molecule has 6 heteroatoms. The zero-order valence-electron chi connectivity index (χ0n) is 11.0. The summed E-state index contributed by atoms with van der Waals surface area (Å²) in [5.74, 6) is -0.232. The molecule has 0 bridgehead atoms. The van der Waals surface area contributed by atoms with Crippen LogP contribution in [0, 0.1) is 0 Å². The van der Waals surface area contributed by atoms with Gasteiger partial charge in [0, 0.05) is 11.0 Å². The molecule has 108 valence electrons. The molecule has 1 aliphatic rings. The molecule has 1 aromatic rings. The number of nitrogens with zero attached hydrogens (tertiary/aromatic N) is 1. The molecule has 1 amide bonds. The number of carbonyl (C=O) groups is 1. The number of carbonyl (C=O) groups excluding carboxylic acids is 1. The molecule has 0 radical (unpaired) electrons. The second kappa shape index (κ2) is 7.15. The van der Waals surface area contributed by atoms with Gasteiger partial charge in [-0.3, -0.25) is 10.1 Å². The fourth-order valence-corrected chi connectivity index (χ4v) is 3.14. The standard InChI is InChI=1S/C14H17BrN2O2S/c15-12-7-2-1-6-11(12)13(19)16-14(20)17-8-4-3-5-10(17)9-18/h1-2,6-7,10,18H,3-5,8-9H2,(H,16,19,20)/t10-/m1/s1. The fourth-order valence-electron chi connectivity index (χ4n) is 2.34. The lowest BCUT2D eigenvalue weighted by Gasteiger charge is -2.36. The molecule has 1 aliphatic heterocycles. The molecule has 1 heterocycles. The van der Waals surface area contributed by atoms with Gasteiger partial charge in [-0.15, -0.1) is 0 Å². The van der Waals surface area contributed by atoms with Gasteiger partial charge in [0.05, 0.1) is 18.2 Å². The van der Waals surface area contributed by atoms with Crippen LogP contribution in [0.2, 0.25) is 0 Å². The summed E-state index contributed by atoms with van der Waals surface area (Å²) < 4.78 is 0.734. The molecule has 1 atom stereocenters. The molecular formula is C14H17BrN2O2S. The van der Waals surface area contributed by atoms with E-state index in [4.69, 9.17) is 12.2 Å². The van der Waals surface area contributed by atoms with Crippen LogP contribution in [0.3, 0.4) is 0 Å². The van der Waals surface area contributed by atoms with E-state index in [0.717, 1.165) is 30.3 Å². The normalized spacial score (nSPS) is 18.7. The molecule has 0 aliphatic carbocycles. The van der Waals surface area contributed by atoms with E-state index in [2.05, 4.69) is 21.2 Å². The zero-order chi connectivity index (χ0) is 14.5. The Bertz CT molecular complexity index is 510. The first-order valence-electron chi connectivity index (χ1n) is 6.61. The minimum atomic E-state index is -0.232. The number of likely N-dealkylation sites (tertiary alicyclic amines) is 1. The van der Waals surface area contributed by atoms with Crippen LogP contribution in [0.1, 0.15) is 29.6 Å². The molecule has 4 nitrogen and oxygen atoms in total. The van der Waals surface area contributed by atoms with Crippen LogP contribution in [0.15, 0.2) is 28.7 Å². The molecular weight excluding hydrogens is 340 g/mol. The van der Waals surface area contributed by atoms with Crippen LogP contribution in [-0.2, 0) is 0 Å². The van der Waals surface area contributed by atoms with Crippen molar-refractivity contribution in [2.75, 3.05) is 13.2 Å². The van der Waals surface area contributed by atoms with Crippen molar-refractivity contribution in [2.45, 2.75) is 25.3 Å². The molecule has 0 spiro atoms. The maximum Gasteiger partial charge on any atom is 0.258 e. The molecule has 0 saturated carbocycles. The SMILES string of the molecule is O=C(NC(=S)N1CCCC[C@@H]1CO)c1ccccc1Br. The van der Waals surface area contributed by atoms with Crippen molar-refractivity contribution in [1.29, 1.82) is 0 Å². The van der Waals surface area contributed by atoms with E-state index in [0.29, 0.717) is 10.7 Å². The Balaban J connectivity index is 2.04. The van der Waals surface area contributed by atoms with Crippen molar-refractivity contribution in [2.24, 2.45) is 0 Å². The van der Waals surface area contributed by atoms with Gasteiger partial charge in [0.25, 0.3) is 5.91 Å². The van der Waals surface area contributed by atoms with Crippen LogP contribution in [0.5, 0.6) is 0 Å². The first-order chi connectivity index (χ1) is 9.63. The predicted molar refractivity (Wildman–Crippen MR) is 85.6 cm³/mol. The van der Waals surface area contributed by atoms with Gasteiger partial charge in [-0.05, 0) is 59.5 Å². The highest BCUT2D eigenvalue weighted by atomic mass is 79.9. The average Bonchev–Trinajstić information content (AvgIpc) is 2.47. The van der Waals surface area contributed by atoms with Crippen molar-refractivity contribution in [3.05, 3.63) is 34.3 Å². The van der Waals surface area contributed by atoms with Gasteiger partial charge >= 0.3 is 0 Å². The third-order valence-corrected chi connectivity index (χ3v) is 4.47. The van der Waals surface area contributed by atoms with E-state index >= 15 is 0 Å². The smallest absolute Gasteiger partial charge is 0.258 e. The second-order valence-electron chi connectivity index (χ2n) is 4.76. The molecule has 20 heavy (non-hydrogen) atoms. The minimum Gasteiger partial charge on any atom is -0.394 e. The Morgan fingerprint density at radius 2 is 2.20 bits per heavy atom. The minimum absolute atomic E-state index is 0.00997. The van der Waals surface area contributed by atoms with Crippen molar-refractivity contribution >= 4 is 39.2 Å². The van der Waals surface area contributed by atoms with Crippen LogP contribution in [0.4, 0.5) is 0 Å². The van der Waals surface area contributed by atoms with Gasteiger partial charge in [0.1, 0.15) is 0 Å². The monoisotopic (exact) mass is 356 g/mol. The van der Waals surface area contributed by atoms with Gasteiger partial charge in [-0.2, -0.15) is 0 Å². The number of piperidine rings is 1. The maximum absolute atomic E-state index is 12.2. The lowest BCUT2D eigenvalue weighted by molar-refractivity contribution is 0.0961. The molecule has 1 aromatic carbocycles. The van der Waals surface area contributed by atoms with Gasteiger partial charge in [-0.25, -0.2) is 0 Å². The van der Waals surface area contributed by atoms with Crippen molar-refractivity contribution in [3.8, 4) is 0 Å². The highest BCUT2D eigenvalue weighted by molar-refractivity contribution is 9.10. The third kappa shape index (κ3) is 3.56. The van der Waals surface area contributed by atoms with E-state index < -0.39 is 0 Å². The summed E-state index contributed by atoms with van der Waals surface area (Å²) in [6.45, 7) is 0.839. The second-order valence-corrected chi connectivity index (χ2v) is 6.01. The van der Waals surface area contributed by atoms with Gasteiger partial charge in [-0.1, -0.05) is 12.1 Å². The number of amides is 1. The Morgan fingerprint density at radius 3 is 2.90 bits per heavy atom. The van der Waals surface area contributed by atoms with Crippen LogP contribution >= 0.6 is 28.1 Å². The summed E-state index contributed by atoms with van der Waals surface area (Å²) in [4.78, 5) is 14.1. The third-order valence-electron chi connectivity index (χ3n) is 3.44. The van der Waals surface area contributed by atoms with Crippen molar-refractivity contribution < 1.29 is 9.90 Å². The number of hydrogen-bond donors (Lipinski definition) is 2. The highest BCUT2D eigenvalue weighted by Gasteiger charge is 2.25.